The normalized spacial score (nSPS) is 22.3. The third-order valence-electron chi connectivity index (χ3n) is 6.09. The van der Waals surface area contributed by atoms with Gasteiger partial charge in [-0.2, -0.15) is 5.10 Å². The Labute approximate surface area is 159 Å². The molecule has 3 saturated heterocycles. The smallest absolute Gasteiger partial charge is 0.227 e. The maximum absolute atomic E-state index is 13.1. The Hall–Kier alpha value is -2.63. The molecule has 0 spiro atoms. The summed E-state index contributed by atoms with van der Waals surface area (Å²) in [5.74, 6) is 0.228. The monoisotopic (exact) mass is 366 g/mol. The molecule has 0 saturated carbocycles. The van der Waals surface area contributed by atoms with Gasteiger partial charge in [0.05, 0.1) is 23.7 Å². The van der Waals surface area contributed by atoms with Crippen LogP contribution >= 0.6 is 0 Å². The summed E-state index contributed by atoms with van der Waals surface area (Å²) in [6.45, 7) is 5.16. The highest BCUT2D eigenvalue weighted by atomic mass is 16.2. The van der Waals surface area contributed by atoms with Crippen LogP contribution in [0.1, 0.15) is 29.8 Å². The zero-order chi connectivity index (χ0) is 19.1. The van der Waals surface area contributed by atoms with Crippen molar-refractivity contribution in [1.29, 1.82) is 0 Å². The van der Waals surface area contributed by atoms with Crippen LogP contribution in [0.2, 0.25) is 0 Å². The van der Waals surface area contributed by atoms with E-state index in [1.165, 1.54) is 0 Å². The molecule has 5 rings (SSSR count). The van der Waals surface area contributed by atoms with Crippen LogP contribution in [0.15, 0.2) is 30.3 Å². The lowest BCUT2D eigenvalue weighted by Crippen LogP contribution is -2.45. The number of carbonyl (C=O) groups excluding carboxylic acids is 2. The number of hydrogen-bond donors (Lipinski definition) is 0. The molecular formula is C21H26N4O2. The minimum absolute atomic E-state index is 0.0491. The van der Waals surface area contributed by atoms with Crippen molar-refractivity contribution >= 4 is 11.8 Å². The Balaban J connectivity index is 1.55. The summed E-state index contributed by atoms with van der Waals surface area (Å²) in [6, 6.07) is 10.1. The van der Waals surface area contributed by atoms with Crippen LogP contribution in [0.3, 0.4) is 0 Å². The molecule has 0 radical (unpaired) electrons. The molecular weight excluding hydrogens is 340 g/mol. The fraction of sp³-hybridized carbons (Fsp3) is 0.476. The van der Waals surface area contributed by atoms with Crippen molar-refractivity contribution in [3.8, 4) is 5.69 Å². The van der Waals surface area contributed by atoms with Crippen molar-refractivity contribution in [3.05, 3.63) is 47.3 Å². The summed E-state index contributed by atoms with van der Waals surface area (Å²) >= 11 is 0. The van der Waals surface area contributed by atoms with E-state index in [1.54, 1.807) is 0 Å². The Kier molecular flexibility index (Phi) is 4.50. The number of likely N-dealkylation sites (N-methyl/N-ethyl adjacent to an activating group) is 1. The highest BCUT2D eigenvalue weighted by molar-refractivity contribution is 5.84. The first kappa shape index (κ1) is 17.8. The molecule has 2 atom stereocenters. The van der Waals surface area contributed by atoms with E-state index in [1.807, 2.05) is 65.7 Å². The van der Waals surface area contributed by atoms with Gasteiger partial charge in [-0.05, 0) is 38.8 Å². The molecule has 6 heteroatoms. The molecule has 2 bridgehead atoms. The molecule has 6 nitrogen and oxygen atoms in total. The lowest BCUT2D eigenvalue weighted by atomic mass is 9.95. The summed E-state index contributed by atoms with van der Waals surface area (Å²) in [4.78, 5) is 29.2. The predicted molar refractivity (Wildman–Crippen MR) is 103 cm³/mol. The van der Waals surface area contributed by atoms with Crippen molar-refractivity contribution in [2.45, 2.75) is 39.2 Å². The molecule has 2 amide bonds. The second kappa shape index (κ2) is 6.83. The zero-order valence-electron chi connectivity index (χ0n) is 16.2. The second-order valence-corrected chi connectivity index (χ2v) is 7.75. The van der Waals surface area contributed by atoms with Crippen molar-refractivity contribution in [1.82, 2.24) is 19.6 Å². The zero-order valence-corrected chi connectivity index (χ0v) is 16.2. The average molecular weight is 366 g/mol. The summed E-state index contributed by atoms with van der Waals surface area (Å²) < 4.78 is 1.90. The van der Waals surface area contributed by atoms with Crippen molar-refractivity contribution < 1.29 is 9.59 Å². The maximum atomic E-state index is 13.1. The molecule has 0 aliphatic carbocycles. The molecule has 4 heterocycles. The van der Waals surface area contributed by atoms with E-state index in [-0.39, 0.29) is 23.8 Å². The van der Waals surface area contributed by atoms with E-state index in [0.29, 0.717) is 19.5 Å². The number of amides is 2. The first-order valence-electron chi connectivity index (χ1n) is 9.60. The molecule has 0 N–H and O–H groups in total. The predicted octanol–water partition coefficient (Wildman–Crippen LogP) is 2.11. The lowest BCUT2D eigenvalue weighted by Gasteiger charge is -2.32. The van der Waals surface area contributed by atoms with Gasteiger partial charge in [0.15, 0.2) is 0 Å². The van der Waals surface area contributed by atoms with Crippen molar-refractivity contribution in [2.75, 3.05) is 20.1 Å². The highest BCUT2D eigenvalue weighted by Gasteiger charge is 2.40. The molecule has 3 aliphatic heterocycles. The highest BCUT2D eigenvalue weighted by Crippen LogP contribution is 2.28. The van der Waals surface area contributed by atoms with Crippen LogP contribution in [0.25, 0.3) is 5.69 Å². The minimum atomic E-state index is -0.0491. The van der Waals surface area contributed by atoms with Crippen LogP contribution in [0.4, 0.5) is 0 Å². The molecule has 27 heavy (non-hydrogen) atoms. The van der Waals surface area contributed by atoms with Crippen LogP contribution in [0, 0.1) is 19.8 Å². The number of piperidine rings is 1. The van der Waals surface area contributed by atoms with Gasteiger partial charge in [-0.3, -0.25) is 9.59 Å². The molecule has 1 aromatic heterocycles. The van der Waals surface area contributed by atoms with Gasteiger partial charge in [-0.25, -0.2) is 4.68 Å². The SMILES string of the molecule is Cc1nn(-c2ccccc2)c(C)c1CC(=O)N1C[C@H]2CC[C@@H](C1)N(C)C2=O. The van der Waals surface area contributed by atoms with E-state index in [4.69, 9.17) is 0 Å². The second-order valence-electron chi connectivity index (χ2n) is 7.75. The van der Waals surface area contributed by atoms with Crippen LogP contribution in [-0.4, -0.2) is 57.6 Å². The molecule has 2 aromatic rings. The fourth-order valence-electron chi connectivity index (χ4n) is 4.37. The van der Waals surface area contributed by atoms with E-state index in [0.717, 1.165) is 35.5 Å². The lowest BCUT2D eigenvalue weighted by molar-refractivity contribution is -0.138. The van der Waals surface area contributed by atoms with E-state index in [2.05, 4.69) is 5.10 Å². The fourth-order valence-corrected chi connectivity index (χ4v) is 4.37. The van der Waals surface area contributed by atoms with E-state index in [9.17, 15) is 9.59 Å². The first-order valence-corrected chi connectivity index (χ1v) is 9.60. The van der Waals surface area contributed by atoms with Gasteiger partial charge in [0.1, 0.15) is 0 Å². The number of fused-ring (bicyclic) bond motifs is 4. The number of nitrogens with zero attached hydrogens (tertiary/aromatic N) is 4. The first-order chi connectivity index (χ1) is 13.0. The van der Waals surface area contributed by atoms with Gasteiger partial charge < -0.3 is 9.80 Å². The minimum Gasteiger partial charge on any atom is -0.341 e. The van der Waals surface area contributed by atoms with Crippen molar-refractivity contribution in [3.63, 3.8) is 0 Å². The topological polar surface area (TPSA) is 58.4 Å². The molecule has 142 valence electrons. The van der Waals surface area contributed by atoms with Gasteiger partial charge in [-0.1, -0.05) is 18.2 Å². The molecule has 0 unspecified atom stereocenters. The Bertz CT molecular complexity index is 874. The number of carbonyl (C=O) groups is 2. The van der Waals surface area contributed by atoms with Crippen LogP contribution in [0.5, 0.6) is 0 Å². The summed E-state index contributed by atoms with van der Waals surface area (Å²) in [5.41, 5.74) is 3.87. The maximum Gasteiger partial charge on any atom is 0.227 e. The van der Waals surface area contributed by atoms with Crippen LogP contribution < -0.4 is 0 Å². The standard InChI is InChI=1S/C21H26N4O2/c1-14-19(15(2)25(22-14)17-7-5-4-6-8-17)11-20(26)24-12-16-9-10-18(13-24)23(3)21(16)27/h4-8,16,18H,9-13H2,1-3H3/t16-,18+/m1/s1. The number of aryl methyl sites for hydroxylation is 1. The summed E-state index contributed by atoms with van der Waals surface area (Å²) in [6.07, 6.45) is 2.21. The average Bonchev–Trinajstić information content (AvgIpc) is 2.84. The molecule has 3 fully saturated rings. The Morgan fingerprint density at radius 1 is 1.15 bits per heavy atom. The number of rotatable bonds is 3. The molecule has 3 aliphatic rings. The quantitative estimate of drug-likeness (QED) is 0.836. The van der Waals surface area contributed by atoms with E-state index >= 15 is 0 Å². The third kappa shape index (κ3) is 3.13. The number of aromatic nitrogens is 2. The van der Waals surface area contributed by atoms with Gasteiger partial charge >= 0.3 is 0 Å². The van der Waals surface area contributed by atoms with Gasteiger partial charge in [0.2, 0.25) is 11.8 Å². The van der Waals surface area contributed by atoms with Gasteiger partial charge in [0, 0.05) is 37.4 Å². The summed E-state index contributed by atoms with van der Waals surface area (Å²) in [7, 11) is 1.87. The number of para-hydroxylation sites is 1. The summed E-state index contributed by atoms with van der Waals surface area (Å²) in [5, 5.41) is 4.65. The third-order valence-corrected chi connectivity index (χ3v) is 6.09. The van der Waals surface area contributed by atoms with Gasteiger partial charge in [-0.15, -0.1) is 0 Å². The van der Waals surface area contributed by atoms with Crippen LogP contribution in [-0.2, 0) is 16.0 Å². The Morgan fingerprint density at radius 3 is 2.63 bits per heavy atom. The number of benzene rings is 1. The largest absolute Gasteiger partial charge is 0.341 e. The van der Waals surface area contributed by atoms with Crippen molar-refractivity contribution in [2.24, 2.45) is 5.92 Å². The number of hydrogen-bond acceptors (Lipinski definition) is 3. The van der Waals surface area contributed by atoms with Gasteiger partial charge in [0.25, 0.3) is 0 Å². The van der Waals surface area contributed by atoms with E-state index < -0.39 is 0 Å². The Morgan fingerprint density at radius 2 is 1.89 bits per heavy atom. The molecule has 1 aromatic carbocycles.